The Morgan fingerprint density at radius 2 is 2.21 bits per heavy atom. The third-order valence-corrected chi connectivity index (χ3v) is 1.63. The van der Waals surface area contributed by atoms with E-state index in [1.807, 2.05) is 0 Å². The largest absolute Gasteiger partial charge is 0.462 e. The minimum atomic E-state index is -0.923. The number of rotatable bonds is 1. The number of nitrogens with one attached hydrogen (secondary N) is 1. The summed E-state index contributed by atoms with van der Waals surface area (Å²) in [4.78, 5) is 25.8. The molecule has 0 aliphatic heterocycles. The van der Waals surface area contributed by atoms with Gasteiger partial charge in [-0.1, -0.05) is 0 Å². The van der Waals surface area contributed by atoms with Gasteiger partial charge in [0, 0.05) is 6.20 Å². The maximum Gasteiger partial charge on any atom is 0.396 e. The van der Waals surface area contributed by atoms with E-state index in [1.54, 1.807) is 25.3 Å². The van der Waals surface area contributed by atoms with Gasteiger partial charge in [-0.3, -0.25) is 9.78 Å². The van der Waals surface area contributed by atoms with Gasteiger partial charge in [0.05, 0.1) is 18.5 Å². The molecule has 1 aromatic rings. The lowest BCUT2D eigenvalue weighted by Gasteiger charge is -2.04. The Balaban J connectivity index is 2.75. The molecular formula is C9H10N2O3. The van der Waals surface area contributed by atoms with Crippen LogP contribution in [0.2, 0.25) is 0 Å². The van der Waals surface area contributed by atoms with Crippen molar-refractivity contribution in [1.82, 2.24) is 4.98 Å². The van der Waals surface area contributed by atoms with E-state index in [0.717, 1.165) is 7.11 Å². The van der Waals surface area contributed by atoms with Crippen LogP contribution in [0.25, 0.3) is 0 Å². The van der Waals surface area contributed by atoms with Gasteiger partial charge < -0.3 is 10.1 Å². The maximum absolute atomic E-state index is 11.1. The van der Waals surface area contributed by atoms with E-state index >= 15 is 0 Å². The molecule has 14 heavy (non-hydrogen) atoms. The molecule has 0 saturated heterocycles. The molecule has 74 valence electrons. The molecule has 0 bridgehead atoms. The highest BCUT2D eigenvalue weighted by Crippen LogP contribution is 2.09. The van der Waals surface area contributed by atoms with Crippen LogP contribution >= 0.6 is 0 Å². The van der Waals surface area contributed by atoms with Crippen LogP contribution in [-0.2, 0) is 14.3 Å². The molecule has 1 amide bonds. The van der Waals surface area contributed by atoms with E-state index in [9.17, 15) is 9.59 Å². The number of ether oxygens (including phenoxy) is 1. The average molecular weight is 194 g/mol. The fourth-order valence-electron chi connectivity index (χ4n) is 0.882. The molecule has 1 heterocycles. The van der Waals surface area contributed by atoms with Crippen molar-refractivity contribution in [3.05, 3.63) is 24.0 Å². The van der Waals surface area contributed by atoms with Gasteiger partial charge in [0.1, 0.15) is 0 Å². The van der Waals surface area contributed by atoms with Crippen molar-refractivity contribution in [2.75, 3.05) is 12.4 Å². The zero-order chi connectivity index (χ0) is 10.6. The van der Waals surface area contributed by atoms with Gasteiger partial charge in [0.15, 0.2) is 0 Å². The number of esters is 1. The normalized spacial score (nSPS) is 9.29. The quantitative estimate of drug-likeness (QED) is 0.522. The van der Waals surface area contributed by atoms with Crippen LogP contribution in [0.3, 0.4) is 0 Å². The molecule has 0 radical (unpaired) electrons. The summed E-state index contributed by atoms with van der Waals surface area (Å²) in [6, 6.07) is 3.32. The van der Waals surface area contributed by atoms with Gasteiger partial charge in [0.25, 0.3) is 0 Å². The Morgan fingerprint density at radius 1 is 1.50 bits per heavy atom. The molecule has 5 nitrogen and oxygen atoms in total. The molecule has 1 aromatic heterocycles. The predicted octanol–water partition coefficient (Wildman–Crippen LogP) is 0.502. The highest BCUT2D eigenvalue weighted by atomic mass is 16.5. The topological polar surface area (TPSA) is 68.3 Å². The number of aryl methyl sites for hydroxylation is 1. The van der Waals surface area contributed by atoms with Crippen LogP contribution in [0.5, 0.6) is 0 Å². The van der Waals surface area contributed by atoms with E-state index in [1.165, 1.54) is 0 Å². The molecule has 0 saturated carbocycles. The smallest absolute Gasteiger partial charge is 0.396 e. The number of anilines is 1. The van der Waals surface area contributed by atoms with Crippen LogP contribution in [0.15, 0.2) is 18.3 Å². The fraction of sp³-hybridized carbons (Fsp3) is 0.222. The second kappa shape index (κ2) is 4.36. The monoisotopic (exact) mass is 194 g/mol. The number of amides is 1. The average Bonchev–Trinajstić information content (AvgIpc) is 2.20. The van der Waals surface area contributed by atoms with Crippen LogP contribution in [0, 0.1) is 6.92 Å². The van der Waals surface area contributed by atoms with E-state index in [0.29, 0.717) is 11.4 Å². The first-order chi connectivity index (χ1) is 6.65. The summed E-state index contributed by atoms with van der Waals surface area (Å²) in [5.74, 6) is -1.73. The summed E-state index contributed by atoms with van der Waals surface area (Å²) in [6.45, 7) is 1.73. The summed E-state index contributed by atoms with van der Waals surface area (Å²) in [5.41, 5.74) is 1.15. The number of methoxy groups -OCH3 is 1. The van der Waals surface area contributed by atoms with E-state index in [4.69, 9.17) is 0 Å². The predicted molar refractivity (Wildman–Crippen MR) is 49.6 cm³/mol. The van der Waals surface area contributed by atoms with Gasteiger partial charge >= 0.3 is 11.9 Å². The zero-order valence-electron chi connectivity index (χ0n) is 7.90. The molecule has 0 aromatic carbocycles. The standard InChI is InChI=1S/C9H10N2O3/c1-6-7(4-3-5-10-6)11-8(12)9(13)14-2/h3-5H,1-2H3,(H,11,12). The zero-order valence-corrected chi connectivity index (χ0v) is 7.90. The number of pyridine rings is 1. The number of hydrogen-bond acceptors (Lipinski definition) is 4. The molecular weight excluding hydrogens is 184 g/mol. The second-order valence-electron chi connectivity index (χ2n) is 2.58. The van der Waals surface area contributed by atoms with Crippen molar-refractivity contribution in [3.8, 4) is 0 Å². The number of carbonyl (C=O) groups is 2. The number of aromatic nitrogens is 1. The third kappa shape index (κ3) is 2.29. The fourth-order valence-corrected chi connectivity index (χ4v) is 0.882. The summed E-state index contributed by atoms with van der Waals surface area (Å²) >= 11 is 0. The molecule has 1 N–H and O–H groups in total. The highest BCUT2D eigenvalue weighted by molar-refractivity contribution is 6.37. The summed E-state index contributed by atoms with van der Waals surface area (Å²) in [6.07, 6.45) is 1.60. The second-order valence-corrected chi connectivity index (χ2v) is 2.58. The number of carbonyl (C=O) groups excluding carboxylic acids is 2. The van der Waals surface area contributed by atoms with Gasteiger partial charge in [-0.2, -0.15) is 0 Å². The lowest BCUT2D eigenvalue weighted by atomic mass is 10.3. The third-order valence-electron chi connectivity index (χ3n) is 1.63. The Hall–Kier alpha value is -1.91. The van der Waals surface area contributed by atoms with E-state index in [2.05, 4.69) is 15.0 Å². The highest BCUT2D eigenvalue weighted by Gasteiger charge is 2.14. The van der Waals surface area contributed by atoms with Crippen LogP contribution in [0.1, 0.15) is 5.69 Å². The molecule has 5 heteroatoms. The SMILES string of the molecule is COC(=O)C(=O)Nc1cccnc1C. The first kappa shape index (κ1) is 10.2. The van der Waals surface area contributed by atoms with Crippen molar-refractivity contribution in [1.29, 1.82) is 0 Å². The summed E-state index contributed by atoms with van der Waals surface area (Å²) < 4.78 is 4.25. The Bertz CT molecular complexity index is 363. The molecule has 0 unspecified atom stereocenters. The Morgan fingerprint density at radius 3 is 2.79 bits per heavy atom. The van der Waals surface area contributed by atoms with E-state index < -0.39 is 11.9 Å². The molecule has 0 atom stereocenters. The van der Waals surface area contributed by atoms with Gasteiger partial charge in [-0.05, 0) is 19.1 Å². The van der Waals surface area contributed by atoms with Gasteiger partial charge in [0.2, 0.25) is 0 Å². The van der Waals surface area contributed by atoms with Crippen molar-refractivity contribution in [2.45, 2.75) is 6.92 Å². The van der Waals surface area contributed by atoms with Gasteiger partial charge in [-0.15, -0.1) is 0 Å². The first-order valence-corrected chi connectivity index (χ1v) is 3.96. The number of hydrogen-bond donors (Lipinski definition) is 1. The van der Waals surface area contributed by atoms with Crippen molar-refractivity contribution < 1.29 is 14.3 Å². The van der Waals surface area contributed by atoms with Crippen LogP contribution < -0.4 is 5.32 Å². The van der Waals surface area contributed by atoms with Crippen LogP contribution in [0.4, 0.5) is 5.69 Å². The Kier molecular flexibility index (Phi) is 3.17. The molecule has 1 rings (SSSR count). The minimum absolute atomic E-state index is 0.503. The molecule has 0 aliphatic carbocycles. The minimum Gasteiger partial charge on any atom is -0.462 e. The van der Waals surface area contributed by atoms with Crippen LogP contribution in [-0.4, -0.2) is 24.0 Å². The molecule has 0 spiro atoms. The molecule has 0 fully saturated rings. The lowest BCUT2D eigenvalue weighted by molar-refractivity contribution is -0.150. The first-order valence-electron chi connectivity index (χ1n) is 3.96. The van der Waals surface area contributed by atoms with Crippen molar-refractivity contribution in [2.24, 2.45) is 0 Å². The summed E-state index contributed by atoms with van der Waals surface area (Å²) in [7, 11) is 1.15. The van der Waals surface area contributed by atoms with Crippen molar-refractivity contribution >= 4 is 17.6 Å². The van der Waals surface area contributed by atoms with E-state index in [-0.39, 0.29) is 0 Å². The van der Waals surface area contributed by atoms with Crippen molar-refractivity contribution in [3.63, 3.8) is 0 Å². The molecule has 0 aliphatic rings. The lowest BCUT2D eigenvalue weighted by Crippen LogP contribution is -2.24. The maximum atomic E-state index is 11.1. The summed E-state index contributed by atoms with van der Waals surface area (Å²) in [5, 5.41) is 2.38. The Labute approximate surface area is 81.1 Å². The van der Waals surface area contributed by atoms with Gasteiger partial charge in [-0.25, -0.2) is 4.79 Å². The number of nitrogens with zero attached hydrogens (tertiary/aromatic N) is 1.